The number of amides is 1. The molecule has 2 atom stereocenters. The van der Waals surface area contributed by atoms with Gasteiger partial charge in [0.1, 0.15) is 0 Å². The molecule has 8 nitrogen and oxygen atoms in total. The summed E-state index contributed by atoms with van der Waals surface area (Å²) in [4.78, 5) is 16.8. The fourth-order valence-corrected chi connectivity index (χ4v) is 5.69. The lowest BCUT2D eigenvalue weighted by Crippen LogP contribution is -2.50. The molecule has 2 aliphatic heterocycles. The number of rotatable bonds is 5. The van der Waals surface area contributed by atoms with Crippen molar-refractivity contribution in [1.82, 2.24) is 14.5 Å². The second kappa shape index (κ2) is 10.9. The molecular formula is C27H36N4O4S. The van der Waals surface area contributed by atoms with Crippen LogP contribution < -0.4 is 4.72 Å². The molecule has 3 aliphatic rings. The number of carbonyl (C=O) groups excluding carboxylic acids is 1. The Bertz CT molecular complexity index is 1210. The van der Waals surface area contributed by atoms with Crippen molar-refractivity contribution in [2.45, 2.75) is 33.2 Å². The highest BCUT2D eigenvalue weighted by atomic mass is 32.2. The largest absolute Gasteiger partial charge is 0.378 e. The number of nitrogens with zero attached hydrogens (tertiary/aromatic N) is 3. The average Bonchev–Trinajstić information content (AvgIpc) is 3.02. The molecule has 0 radical (unpaired) electrons. The maximum absolute atomic E-state index is 12.5. The molecule has 1 N–H and O–H groups in total. The summed E-state index contributed by atoms with van der Waals surface area (Å²) in [7, 11) is -1.70. The van der Waals surface area contributed by atoms with Crippen LogP contribution in [0.5, 0.6) is 0 Å². The van der Waals surface area contributed by atoms with Crippen LogP contribution in [0, 0.1) is 22.7 Å². The molecule has 1 aliphatic carbocycles. The molecule has 0 saturated carbocycles. The van der Waals surface area contributed by atoms with E-state index in [0.29, 0.717) is 25.2 Å². The van der Waals surface area contributed by atoms with Crippen molar-refractivity contribution in [3.8, 4) is 6.07 Å². The monoisotopic (exact) mass is 512 g/mol. The first-order valence-electron chi connectivity index (χ1n) is 12.0. The normalized spacial score (nSPS) is 26.2. The predicted octanol–water partition coefficient (Wildman–Crippen LogP) is 3.03. The van der Waals surface area contributed by atoms with Gasteiger partial charge in [-0.1, -0.05) is 38.7 Å². The highest BCUT2D eigenvalue weighted by molar-refractivity contribution is 7.89. The zero-order chi connectivity index (χ0) is 26.7. The number of carbonyl (C=O) groups is 1. The Hall–Kier alpha value is -3.09. The predicted molar refractivity (Wildman–Crippen MR) is 141 cm³/mol. The van der Waals surface area contributed by atoms with E-state index in [2.05, 4.69) is 48.4 Å². The van der Waals surface area contributed by atoms with Crippen LogP contribution in [0.4, 0.5) is 0 Å². The fourth-order valence-electron chi connectivity index (χ4n) is 5.24. The summed E-state index contributed by atoms with van der Waals surface area (Å²) in [5.74, 6) is -0.708. The maximum atomic E-state index is 12.5. The van der Waals surface area contributed by atoms with Crippen LogP contribution in [-0.2, 0) is 19.6 Å². The minimum Gasteiger partial charge on any atom is -0.378 e. The number of likely N-dealkylation sites (tertiary alicyclic amines) is 1. The number of hydrogen-bond acceptors (Lipinski definition) is 7. The summed E-state index contributed by atoms with van der Waals surface area (Å²) >= 11 is 0. The van der Waals surface area contributed by atoms with E-state index < -0.39 is 15.9 Å². The van der Waals surface area contributed by atoms with E-state index in [1.807, 2.05) is 23.9 Å². The highest BCUT2D eigenvalue weighted by Crippen LogP contribution is 2.46. The topological polar surface area (TPSA) is 103 Å². The van der Waals surface area contributed by atoms with Gasteiger partial charge in [-0.15, -0.1) is 0 Å². The Labute approximate surface area is 215 Å². The van der Waals surface area contributed by atoms with E-state index in [0.717, 1.165) is 36.3 Å². The third-order valence-electron chi connectivity index (χ3n) is 6.88. The van der Waals surface area contributed by atoms with E-state index in [4.69, 9.17) is 4.74 Å². The van der Waals surface area contributed by atoms with Crippen LogP contribution in [0.1, 0.15) is 27.2 Å². The molecule has 3 rings (SSSR count). The molecule has 0 aromatic carbocycles. The molecule has 2 fully saturated rings. The van der Waals surface area contributed by atoms with Crippen molar-refractivity contribution in [3.05, 3.63) is 71.1 Å². The van der Waals surface area contributed by atoms with Gasteiger partial charge in [0.15, 0.2) is 0 Å². The third kappa shape index (κ3) is 6.37. The first kappa shape index (κ1) is 27.5. The first-order chi connectivity index (χ1) is 16.9. The standard InChI is InChI=1S/C27H36N4O4S/c1-7-21(26(32)29-36(6,33)34)16-23-17-27(3,4)25(30(5)19(23)2)22-8-9-24(15-20(14-22)18-28)31-10-12-35-13-11-31/h7-9,14-16,22,25H,2,10-13,17H2,1,3-6H3,(H,29,32)/b21-7+,23-16-. The van der Waals surface area contributed by atoms with Gasteiger partial charge < -0.3 is 14.5 Å². The summed E-state index contributed by atoms with van der Waals surface area (Å²) in [5.41, 5.74) is 3.28. The molecular weight excluding hydrogens is 476 g/mol. The van der Waals surface area contributed by atoms with Crippen LogP contribution >= 0.6 is 0 Å². The van der Waals surface area contributed by atoms with Crippen molar-refractivity contribution >= 4 is 15.9 Å². The number of allylic oxidation sites excluding steroid dienone is 5. The Morgan fingerprint density at radius 1 is 1.33 bits per heavy atom. The number of morpholine rings is 1. The van der Waals surface area contributed by atoms with Crippen molar-refractivity contribution in [2.75, 3.05) is 39.6 Å². The van der Waals surface area contributed by atoms with Gasteiger partial charge in [-0.2, -0.15) is 5.26 Å². The smallest absolute Gasteiger partial charge is 0.264 e. The zero-order valence-electron chi connectivity index (χ0n) is 21.7. The fraction of sp³-hybridized carbons (Fsp3) is 0.481. The molecule has 0 bridgehead atoms. The van der Waals surface area contributed by atoms with Gasteiger partial charge in [0.25, 0.3) is 5.91 Å². The van der Waals surface area contributed by atoms with E-state index in [1.165, 1.54) is 0 Å². The van der Waals surface area contributed by atoms with Crippen LogP contribution in [-0.4, -0.2) is 69.8 Å². The van der Waals surface area contributed by atoms with Gasteiger partial charge in [0.05, 0.1) is 31.1 Å². The summed E-state index contributed by atoms with van der Waals surface area (Å²) in [6, 6.07) is 2.35. The average molecular weight is 513 g/mol. The second-order valence-electron chi connectivity index (χ2n) is 10.1. The Balaban J connectivity index is 1.90. The van der Waals surface area contributed by atoms with Crippen molar-refractivity contribution in [3.63, 3.8) is 0 Å². The number of likely N-dealkylation sites (N-methyl/N-ethyl adjacent to an activating group) is 1. The summed E-state index contributed by atoms with van der Waals surface area (Å²) in [5, 5.41) is 9.84. The quantitative estimate of drug-likeness (QED) is 0.565. The molecule has 9 heteroatoms. The molecule has 194 valence electrons. The van der Waals surface area contributed by atoms with Crippen LogP contribution in [0.2, 0.25) is 0 Å². The highest BCUT2D eigenvalue weighted by Gasteiger charge is 2.43. The Morgan fingerprint density at radius 3 is 2.58 bits per heavy atom. The van der Waals surface area contributed by atoms with Gasteiger partial charge in [0.2, 0.25) is 10.0 Å². The number of ether oxygens (including phenoxy) is 1. The zero-order valence-corrected chi connectivity index (χ0v) is 22.6. The number of hydrogen-bond donors (Lipinski definition) is 1. The van der Waals surface area contributed by atoms with Gasteiger partial charge in [0, 0.05) is 49.1 Å². The van der Waals surface area contributed by atoms with E-state index in [-0.39, 0.29) is 22.9 Å². The molecule has 2 saturated heterocycles. The summed E-state index contributed by atoms with van der Waals surface area (Å²) in [6.45, 7) is 13.2. The number of nitriles is 1. The molecule has 1 amide bonds. The Morgan fingerprint density at radius 2 is 2.00 bits per heavy atom. The third-order valence-corrected chi connectivity index (χ3v) is 7.43. The SMILES string of the molecule is C=C1/C(=C\C(=C/C)C(=O)NS(C)(=O)=O)CC(C)(C)C(C2C=CC(N3CCOCC3)=CC(C#N)=C2)N1C. The van der Waals surface area contributed by atoms with Crippen LogP contribution in [0.3, 0.4) is 0 Å². The van der Waals surface area contributed by atoms with Gasteiger partial charge in [-0.25, -0.2) is 13.1 Å². The van der Waals surface area contributed by atoms with Gasteiger partial charge in [-0.05, 0) is 42.6 Å². The van der Waals surface area contributed by atoms with E-state index in [9.17, 15) is 18.5 Å². The van der Waals surface area contributed by atoms with Crippen LogP contribution in [0.25, 0.3) is 0 Å². The molecule has 0 spiro atoms. The molecule has 2 unspecified atom stereocenters. The molecule has 2 heterocycles. The lowest BCUT2D eigenvalue weighted by Gasteiger charge is -2.50. The summed E-state index contributed by atoms with van der Waals surface area (Å²) in [6.07, 6.45) is 13.1. The van der Waals surface area contributed by atoms with Crippen molar-refractivity contribution in [1.29, 1.82) is 5.26 Å². The second-order valence-corrected chi connectivity index (χ2v) is 11.9. The van der Waals surface area contributed by atoms with Crippen molar-refractivity contribution in [2.24, 2.45) is 11.3 Å². The first-order valence-corrected chi connectivity index (χ1v) is 13.9. The minimum absolute atomic E-state index is 0.0121. The molecule has 36 heavy (non-hydrogen) atoms. The minimum atomic E-state index is -3.67. The van der Waals surface area contributed by atoms with Crippen molar-refractivity contribution < 1.29 is 17.9 Å². The summed E-state index contributed by atoms with van der Waals surface area (Å²) < 4.78 is 30.6. The lowest BCUT2D eigenvalue weighted by molar-refractivity contribution is -0.115. The number of piperidine rings is 1. The van der Waals surface area contributed by atoms with Gasteiger partial charge >= 0.3 is 0 Å². The lowest BCUT2D eigenvalue weighted by atomic mass is 9.68. The molecule has 0 aromatic heterocycles. The van der Waals surface area contributed by atoms with Crippen LogP contribution in [0.15, 0.2) is 71.1 Å². The maximum Gasteiger partial charge on any atom is 0.264 e. The number of nitrogens with one attached hydrogen (secondary N) is 1. The molecule has 0 aromatic rings. The van der Waals surface area contributed by atoms with Gasteiger partial charge in [-0.3, -0.25) is 4.79 Å². The van der Waals surface area contributed by atoms with E-state index in [1.54, 1.807) is 19.1 Å². The Kier molecular flexibility index (Phi) is 8.32. The van der Waals surface area contributed by atoms with E-state index >= 15 is 0 Å². The number of sulfonamides is 1.